The van der Waals surface area contributed by atoms with Crippen LogP contribution in [0.3, 0.4) is 0 Å². The number of nitrogens with one attached hydrogen (secondary N) is 1. The largest absolute Gasteiger partial charge is 0.335 e. The van der Waals surface area contributed by atoms with Gasteiger partial charge < -0.3 is 0 Å². The number of urea groups is 1. The van der Waals surface area contributed by atoms with Crippen molar-refractivity contribution in [2.75, 3.05) is 4.90 Å². The van der Waals surface area contributed by atoms with E-state index in [0.29, 0.717) is 17.7 Å². The second-order valence-corrected chi connectivity index (χ2v) is 6.41. The predicted molar refractivity (Wildman–Crippen MR) is 99.0 cm³/mol. The van der Waals surface area contributed by atoms with Gasteiger partial charge in [0, 0.05) is 4.47 Å². The number of aryl methyl sites for hydroxylation is 1. The Balaban J connectivity index is 2.06. The van der Waals surface area contributed by atoms with E-state index in [4.69, 9.17) is 0 Å². The van der Waals surface area contributed by atoms with Crippen molar-refractivity contribution >= 4 is 45.5 Å². The highest BCUT2D eigenvalue weighted by Gasteiger charge is 2.37. The number of hydrogen-bond acceptors (Lipinski definition) is 3. The van der Waals surface area contributed by atoms with Crippen LogP contribution < -0.4 is 10.2 Å². The molecule has 0 aliphatic carbocycles. The average molecular weight is 399 g/mol. The third-order valence-electron chi connectivity index (χ3n) is 3.87. The zero-order chi connectivity index (χ0) is 18.0. The number of halogens is 1. The Morgan fingerprint density at radius 3 is 2.56 bits per heavy atom. The van der Waals surface area contributed by atoms with E-state index in [-0.39, 0.29) is 5.57 Å². The molecule has 1 aliphatic heterocycles. The van der Waals surface area contributed by atoms with Crippen molar-refractivity contribution in [1.29, 1.82) is 0 Å². The summed E-state index contributed by atoms with van der Waals surface area (Å²) in [6.45, 7) is 1.94. The molecule has 0 bridgehead atoms. The zero-order valence-electron chi connectivity index (χ0n) is 13.5. The van der Waals surface area contributed by atoms with Crippen LogP contribution in [-0.4, -0.2) is 17.8 Å². The number of barbiturate groups is 1. The zero-order valence-corrected chi connectivity index (χ0v) is 15.0. The van der Waals surface area contributed by atoms with Gasteiger partial charge in [0.15, 0.2) is 0 Å². The SMILES string of the molecule is CCc1ccccc1N1C(=O)NC(=O)/C(=C/c2cccc(Br)c2)C1=O. The molecule has 2 aromatic carbocycles. The van der Waals surface area contributed by atoms with Gasteiger partial charge in [-0.15, -0.1) is 0 Å². The fourth-order valence-corrected chi connectivity index (χ4v) is 3.08. The molecule has 126 valence electrons. The van der Waals surface area contributed by atoms with Gasteiger partial charge in [0.25, 0.3) is 11.8 Å². The summed E-state index contributed by atoms with van der Waals surface area (Å²) >= 11 is 3.35. The van der Waals surface area contributed by atoms with E-state index in [1.807, 2.05) is 25.1 Å². The number of benzene rings is 2. The summed E-state index contributed by atoms with van der Waals surface area (Å²) < 4.78 is 0.828. The van der Waals surface area contributed by atoms with Gasteiger partial charge in [0.1, 0.15) is 5.57 Å². The summed E-state index contributed by atoms with van der Waals surface area (Å²) in [5, 5.41) is 2.24. The maximum atomic E-state index is 12.9. The molecule has 1 fully saturated rings. The van der Waals surface area contributed by atoms with Crippen LogP contribution in [0, 0.1) is 0 Å². The molecule has 25 heavy (non-hydrogen) atoms. The Morgan fingerprint density at radius 1 is 1.08 bits per heavy atom. The summed E-state index contributed by atoms with van der Waals surface area (Å²) in [5.74, 6) is -1.32. The van der Waals surface area contributed by atoms with Gasteiger partial charge in [0.05, 0.1) is 5.69 Å². The quantitative estimate of drug-likeness (QED) is 0.633. The molecule has 1 aliphatic rings. The third-order valence-corrected chi connectivity index (χ3v) is 4.37. The van der Waals surface area contributed by atoms with Crippen LogP contribution in [0.4, 0.5) is 10.5 Å². The summed E-state index contributed by atoms with van der Waals surface area (Å²) in [6, 6.07) is 13.6. The van der Waals surface area contributed by atoms with Gasteiger partial charge in [0.2, 0.25) is 0 Å². The fourth-order valence-electron chi connectivity index (χ4n) is 2.67. The number of hydrogen-bond donors (Lipinski definition) is 1. The summed E-state index contributed by atoms with van der Waals surface area (Å²) in [4.78, 5) is 38.3. The van der Waals surface area contributed by atoms with Gasteiger partial charge in [-0.2, -0.15) is 0 Å². The number of anilines is 1. The van der Waals surface area contributed by atoms with E-state index in [1.165, 1.54) is 6.08 Å². The average Bonchev–Trinajstić information content (AvgIpc) is 2.59. The topological polar surface area (TPSA) is 66.5 Å². The number of imide groups is 2. The minimum atomic E-state index is -0.734. The first-order valence-corrected chi connectivity index (χ1v) is 8.55. The molecule has 0 atom stereocenters. The molecule has 0 radical (unpaired) electrons. The lowest BCUT2D eigenvalue weighted by Crippen LogP contribution is -2.54. The lowest BCUT2D eigenvalue weighted by atomic mass is 10.0. The molecule has 0 spiro atoms. The van der Waals surface area contributed by atoms with Crippen molar-refractivity contribution in [3.63, 3.8) is 0 Å². The van der Waals surface area contributed by atoms with E-state index < -0.39 is 17.8 Å². The van der Waals surface area contributed by atoms with Crippen LogP contribution >= 0.6 is 15.9 Å². The minimum Gasteiger partial charge on any atom is -0.273 e. The number of amides is 4. The highest BCUT2D eigenvalue weighted by Crippen LogP contribution is 2.26. The summed E-state index contributed by atoms with van der Waals surface area (Å²) in [7, 11) is 0. The van der Waals surface area contributed by atoms with Gasteiger partial charge >= 0.3 is 6.03 Å². The van der Waals surface area contributed by atoms with Gasteiger partial charge in [-0.25, -0.2) is 9.69 Å². The first kappa shape index (κ1) is 17.1. The molecule has 0 unspecified atom stereocenters. The van der Waals surface area contributed by atoms with E-state index in [9.17, 15) is 14.4 Å². The Bertz CT molecular complexity index is 905. The van der Waals surface area contributed by atoms with Crippen LogP contribution in [0.5, 0.6) is 0 Å². The van der Waals surface area contributed by atoms with Gasteiger partial charge in [-0.3, -0.25) is 14.9 Å². The predicted octanol–water partition coefficient (Wildman–Crippen LogP) is 3.68. The highest BCUT2D eigenvalue weighted by molar-refractivity contribution is 9.10. The molecule has 4 amide bonds. The number of para-hydroxylation sites is 1. The fraction of sp³-hybridized carbons (Fsp3) is 0.105. The molecule has 0 aromatic heterocycles. The highest BCUT2D eigenvalue weighted by atomic mass is 79.9. The standard InChI is InChI=1S/C19H15BrN2O3/c1-2-13-7-3-4-9-16(13)22-18(24)15(17(23)21-19(22)25)11-12-6-5-8-14(20)10-12/h3-11H,2H2,1H3,(H,21,23,25)/b15-11-. The van der Waals surface area contributed by atoms with Crippen LogP contribution in [0.2, 0.25) is 0 Å². The molecule has 5 nitrogen and oxygen atoms in total. The van der Waals surface area contributed by atoms with Crippen molar-refractivity contribution in [1.82, 2.24) is 5.32 Å². The number of rotatable bonds is 3. The van der Waals surface area contributed by atoms with Crippen molar-refractivity contribution in [2.45, 2.75) is 13.3 Å². The molecule has 1 heterocycles. The van der Waals surface area contributed by atoms with Crippen LogP contribution in [0.1, 0.15) is 18.1 Å². The van der Waals surface area contributed by atoms with Gasteiger partial charge in [-0.05, 0) is 41.8 Å². The first-order chi connectivity index (χ1) is 12.0. The van der Waals surface area contributed by atoms with Gasteiger partial charge in [-0.1, -0.05) is 53.2 Å². The smallest absolute Gasteiger partial charge is 0.273 e. The Kier molecular flexibility index (Phi) is 4.81. The second kappa shape index (κ2) is 7.03. The van der Waals surface area contributed by atoms with Crippen molar-refractivity contribution < 1.29 is 14.4 Å². The molecule has 1 N–H and O–H groups in total. The molecule has 6 heteroatoms. The number of carbonyl (C=O) groups excluding carboxylic acids is 3. The van der Waals surface area contributed by atoms with Crippen LogP contribution in [0.25, 0.3) is 6.08 Å². The Labute approximate surface area is 153 Å². The van der Waals surface area contributed by atoms with Crippen LogP contribution in [0.15, 0.2) is 58.6 Å². The normalized spacial score (nSPS) is 16.3. The van der Waals surface area contributed by atoms with Crippen LogP contribution in [-0.2, 0) is 16.0 Å². The monoisotopic (exact) mass is 398 g/mol. The Hall–Kier alpha value is -2.73. The summed E-state index contributed by atoms with van der Waals surface area (Å²) in [6.07, 6.45) is 2.14. The van der Waals surface area contributed by atoms with E-state index in [2.05, 4.69) is 21.2 Å². The molecule has 2 aromatic rings. The van der Waals surface area contributed by atoms with E-state index >= 15 is 0 Å². The van der Waals surface area contributed by atoms with Crippen molar-refractivity contribution in [2.24, 2.45) is 0 Å². The lowest BCUT2D eigenvalue weighted by Gasteiger charge is -2.27. The van der Waals surface area contributed by atoms with E-state index in [0.717, 1.165) is 14.9 Å². The molecule has 0 saturated carbocycles. The molecule has 1 saturated heterocycles. The maximum Gasteiger partial charge on any atom is 0.335 e. The first-order valence-electron chi connectivity index (χ1n) is 7.76. The van der Waals surface area contributed by atoms with Crippen molar-refractivity contribution in [3.8, 4) is 0 Å². The molecular formula is C19H15BrN2O3. The second-order valence-electron chi connectivity index (χ2n) is 5.50. The Morgan fingerprint density at radius 2 is 1.84 bits per heavy atom. The molecular weight excluding hydrogens is 384 g/mol. The maximum absolute atomic E-state index is 12.9. The summed E-state index contributed by atoms with van der Waals surface area (Å²) in [5.41, 5.74) is 1.94. The third kappa shape index (κ3) is 3.39. The lowest BCUT2D eigenvalue weighted by molar-refractivity contribution is -0.122. The molecule has 3 rings (SSSR count). The van der Waals surface area contributed by atoms with Crippen molar-refractivity contribution in [3.05, 3.63) is 69.7 Å². The number of nitrogens with zero attached hydrogens (tertiary/aromatic N) is 1. The van der Waals surface area contributed by atoms with E-state index in [1.54, 1.807) is 30.3 Å². The minimum absolute atomic E-state index is 0.0800. The number of carbonyl (C=O) groups is 3.